The zero-order chi connectivity index (χ0) is 24.4. The van der Waals surface area contributed by atoms with E-state index >= 15 is 0 Å². The van der Waals surface area contributed by atoms with E-state index in [1.165, 1.54) is 48.5 Å². The minimum atomic E-state index is -4.34. The van der Waals surface area contributed by atoms with Crippen LogP contribution in [0.1, 0.15) is 60.2 Å². The van der Waals surface area contributed by atoms with E-state index in [2.05, 4.69) is 0 Å². The topological polar surface area (TPSA) is 133 Å². The molecule has 0 heterocycles. The Morgan fingerprint density at radius 1 is 0.727 bits per heavy atom. The van der Waals surface area contributed by atoms with Crippen LogP contribution in [0, 0.1) is 9.81 Å². The molecule has 0 unspecified atom stereocenters. The summed E-state index contributed by atoms with van der Waals surface area (Å²) < 4.78 is 12.7. The van der Waals surface area contributed by atoms with Gasteiger partial charge in [-0.25, -0.2) is 0 Å². The summed E-state index contributed by atoms with van der Waals surface area (Å²) in [6.07, 6.45) is 3.04. The molecule has 0 spiro atoms. The molecule has 176 valence electrons. The Morgan fingerprint density at radius 2 is 1.06 bits per heavy atom. The van der Waals surface area contributed by atoms with Crippen molar-refractivity contribution < 1.29 is 36.0 Å². The van der Waals surface area contributed by atoms with Gasteiger partial charge in [-0.2, -0.15) is 0 Å². The van der Waals surface area contributed by atoms with Crippen LogP contribution < -0.4 is 0 Å². The number of aromatic carboxylic acids is 2. The number of carboxylic acid groups (broad SMARTS) is 2. The van der Waals surface area contributed by atoms with Gasteiger partial charge in [-0.1, -0.05) is 0 Å². The summed E-state index contributed by atoms with van der Waals surface area (Å²) in [7, 11) is 0. The molecule has 11 heteroatoms. The van der Waals surface area contributed by atoms with Gasteiger partial charge in [0, 0.05) is 0 Å². The van der Waals surface area contributed by atoms with Gasteiger partial charge >= 0.3 is 196 Å². The van der Waals surface area contributed by atoms with Crippen LogP contribution in [0.15, 0.2) is 48.5 Å². The molecule has 2 rings (SSSR count). The van der Waals surface area contributed by atoms with Crippen molar-refractivity contribution in [1.82, 2.24) is 0 Å². The van der Waals surface area contributed by atoms with Crippen molar-refractivity contribution in [3.8, 4) is 0 Å². The molecule has 0 saturated heterocycles. The summed E-state index contributed by atoms with van der Waals surface area (Å²) in [6.45, 7) is 3.96. The van der Waals surface area contributed by atoms with Crippen LogP contribution in [-0.4, -0.2) is 51.2 Å². The fraction of sp³-hybridized carbons (Fsp3) is 0.364. The van der Waals surface area contributed by atoms with Crippen molar-refractivity contribution in [1.29, 1.82) is 0 Å². The number of rotatable bonds is 14. The van der Waals surface area contributed by atoms with Crippen LogP contribution in [0.25, 0.3) is 0 Å². The maximum absolute atomic E-state index is 12.8. The fourth-order valence-electron chi connectivity index (χ4n) is 3.08. The number of unbranched alkanes of at least 4 members (excludes halogenated alkanes) is 2. The second-order valence-electron chi connectivity index (χ2n) is 7.52. The molecule has 33 heavy (non-hydrogen) atoms. The number of nitrogens with zero attached hydrogens (tertiary/aromatic N) is 2. The van der Waals surface area contributed by atoms with E-state index < -0.39 is 31.1 Å². The van der Waals surface area contributed by atoms with Gasteiger partial charge in [0.05, 0.1) is 0 Å². The Balaban J connectivity index is 2.31. The van der Waals surface area contributed by atoms with E-state index in [1.807, 2.05) is 13.8 Å². The molecule has 0 aliphatic heterocycles. The predicted octanol–water partition coefficient (Wildman–Crippen LogP) is 5.51. The molecule has 0 radical (unpaired) electrons. The van der Waals surface area contributed by atoms with Gasteiger partial charge in [-0.3, -0.25) is 0 Å². The fourth-order valence-corrected chi connectivity index (χ4v) is 12.3. The van der Waals surface area contributed by atoms with Crippen LogP contribution in [-0.2, 0) is 6.35 Å². The predicted molar refractivity (Wildman–Crippen MR) is 121 cm³/mol. The molecular formula is C22H28N2O8Sn+2. The zero-order valence-corrected chi connectivity index (χ0v) is 21.5. The molecule has 10 nitrogen and oxygen atoms in total. The number of benzene rings is 2. The second-order valence-corrected chi connectivity index (χ2v) is 16.6. The first kappa shape index (κ1) is 26.2. The third kappa shape index (κ3) is 7.51. The van der Waals surface area contributed by atoms with Gasteiger partial charge in [-0.05, 0) is 0 Å². The SMILES string of the molecule is CCC[CH2][Sn]([CH2]CCC)([O][N+](=O)c1ccc(C(=O)O)cc1)[O][N+](=O)c1ccc(C(=O)O)cc1. The summed E-state index contributed by atoms with van der Waals surface area (Å²) >= 11 is -4.34. The van der Waals surface area contributed by atoms with Crippen molar-refractivity contribution in [2.24, 2.45) is 0 Å². The summed E-state index contributed by atoms with van der Waals surface area (Å²) in [4.78, 5) is 48.4. The van der Waals surface area contributed by atoms with E-state index in [1.54, 1.807) is 0 Å². The van der Waals surface area contributed by atoms with Crippen molar-refractivity contribution >= 4 is 42.5 Å². The van der Waals surface area contributed by atoms with Gasteiger partial charge in [0.25, 0.3) is 0 Å². The Labute approximate surface area is 196 Å². The Bertz CT molecular complexity index is 911. The molecule has 0 aliphatic carbocycles. The summed E-state index contributed by atoms with van der Waals surface area (Å²) in [6, 6.07) is 10.5. The van der Waals surface area contributed by atoms with Gasteiger partial charge < -0.3 is 0 Å². The van der Waals surface area contributed by atoms with E-state index in [-0.39, 0.29) is 22.5 Å². The molecule has 0 saturated carbocycles. The molecule has 0 amide bonds. The molecule has 0 atom stereocenters. The van der Waals surface area contributed by atoms with Crippen molar-refractivity contribution in [3.05, 3.63) is 69.5 Å². The van der Waals surface area contributed by atoms with Gasteiger partial charge in [-0.15, -0.1) is 0 Å². The molecule has 0 aromatic heterocycles. The third-order valence-corrected chi connectivity index (χ3v) is 14.2. The van der Waals surface area contributed by atoms with Gasteiger partial charge in [0.1, 0.15) is 0 Å². The zero-order valence-electron chi connectivity index (χ0n) is 18.6. The van der Waals surface area contributed by atoms with Gasteiger partial charge in [0.15, 0.2) is 0 Å². The van der Waals surface area contributed by atoms with Crippen molar-refractivity contribution in [2.45, 2.75) is 48.4 Å². The van der Waals surface area contributed by atoms with E-state index in [9.17, 15) is 19.4 Å². The van der Waals surface area contributed by atoms with Crippen molar-refractivity contribution in [2.75, 3.05) is 0 Å². The van der Waals surface area contributed by atoms with Crippen LogP contribution >= 0.6 is 0 Å². The van der Waals surface area contributed by atoms with E-state index in [4.69, 9.17) is 16.6 Å². The Morgan fingerprint density at radius 3 is 1.33 bits per heavy atom. The van der Waals surface area contributed by atoms with Gasteiger partial charge in [0.2, 0.25) is 0 Å². The van der Waals surface area contributed by atoms with Crippen LogP contribution in [0.3, 0.4) is 0 Å². The molecular weight excluding hydrogens is 539 g/mol. The number of hydrogen-bond donors (Lipinski definition) is 2. The first-order valence-corrected chi connectivity index (χ1v) is 17.1. The van der Waals surface area contributed by atoms with Crippen LogP contribution in [0.5, 0.6) is 0 Å². The second kappa shape index (κ2) is 12.3. The molecule has 0 aliphatic rings. The Hall–Kier alpha value is -3.02. The number of carboxylic acids is 2. The van der Waals surface area contributed by atoms with Crippen LogP contribution in [0.2, 0.25) is 8.87 Å². The first-order valence-electron chi connectivity index (χ1n) is 10.7. The average molecular weight is 567 g/mol. The summed E-state index contributed by atoms with van der Waals surface area (Å²) in [5.41, 5.74) is 0.262. The molecule has 2 aromatic rings. The third-order valence-electron chi connectivity index (χ3n) is 4.97. The standard InChI is InChI=1S/2C7H5NO4.2C4H9.Sn/c2*9-7(10)5-1-3-6(4-2-5)8(11)12;2*1-3-4-2;/h2*1-4H,(H,9,10);2*1,3-4H2,2H3;/q;;;;+2. The normalized spacial score (nSPS) is 11.0. The first-order chi connectivity index (χ1) is 15.7. The minimum absolute atomic E-state index is 0.0330. The Kier molecular flexibility index (Phi) is 9.76. The van der Waals surface area contributed by atoms with Crippen LogP contribution in [0.4, 0.5) is 11.4 Å². The molecule has 0 fully saturated rings. The summed E-state index contributed by atoms with van der Waals surface area (Å²) in [5.74, 6) is -2.22. The number of carbonyl (C=O) groups is 2. The molecule has 0 bridgehead atoms. The van der Waals surface area contributed by atoms with E-state index in [0.29, 0.717) is 31.6 Å². The number of hydrogen-bond acceptors (Lipinski definition) is 6. The monoisotopic (exact) mass is 568 g/mol. The maximum atomic E-state index is 12.8. The summed E-state index contributed by atoms with van der Waals surface area (Å²) in [5, 5.41) is 18.1. The average Bonchev–Trinajstić information content (AvgIpc) is 2.81. The van der Waals surface area contributed by atoms with E-state index in [0.717, 1.165) is 12.8 Å². The van der Waals surface area contributed by atoms with Crippen molar-refractivity contribution in [3.63, 3.8) is 0 Å². The molecule has 2 N–H and O–H groups in total. The molecule has 2 aromatic carbocycles. The quantitative estimate of drug-likeness (QED) is 0.226.